The van der Waals surface area contributed by atoms with Gasteiger partial charge in [-0.25, -0.2) is 4.98 Å². The fourth-order valence-corrected chi connectivity index (χ4v) is 3.88. The van der Waals surface area contributed by atoms with Crippen molar-refractivity contribution in [1.82, 2.24) is 15.2 Å². The van der Waals surface area contributed by atoms with Crippen LogP contribution in [-0.2, 0) is 0 Å². The van der Waals surface area contributed by atoms with Crippen LogP contribution in [0.5, 0.6) is 0 Å². The second-order valence-corrected chi connectivity index (χ2v) is 6.51. The number of H-pyrrole nitrogens is 1. The van der Waals surface area contributed by atoms with Crippen LogP contribution >= 0.6 is 34.4 Å². The van der Waals surface area contributed by atoms with Gasteiger partial charge in [-0.2, -0.15) is 5.10 Å². The van der Waals surface area contributed by atoms with Gasteiger partial charge >= 0.3 is 0 Å². The maximum Gasteiger partial charge on any atom is 0.134 e. The Labute approximate surface area is 117 Å². The van der Waals surface area contributed by atoms with E-state index in [-0.39, 0.29) is 0 Å². The van der Waals surface area contributed by atoms with Crippen LogP contribution in [0.2, 0.25) is 0 Å². The molecule has 18 heavy (non-hydrogen) atoms. The van der Waals surface area contributed by atoms with Crippen molar-refractivity contribution in [2.45, 2.75) is 11.9 Å². The van der Waals surface area contributed by atoms with E-state index in [4.69, 9.17) is 0 Å². The zero-order chi connectivity index (χ0) is 12.5. The van der Waals surface area contributed by atoms with Gasteiger partial charge in [0.05, 0.1) is 21.1 Å². The number of nitrogens with zero attached hydrogens (tertiary/aromatic N) is 2. The molecule has 0 radical (unpaired) electrons. The normalized spacial score (nSPS) is 11.0. The van der Waals surface area contributed by atoms with Gasteiger partial charge in [0, 0.05) is 0 Å². The molecule has 0 amide bonds. The molecule has 0 unspecified atom stereocenters. The Morgan fingerprint density at radius 3 is 2.94 bits per heavy atom. The first-order chi connectivity index (χ1) is 8.78. The Balaban J connectivity index is 2.03. The molecule has 0 aliphatic heterocycles. The van der Waals surface area contributed by atoms with Gasteiger partial charge in [0.2, 0.25) is 0 Å². The molecule has 0 fully saturated rings. The standard InChI is InChI=1S/C12H11N3S3/c1-7-11(8-6-10(16-2)15-14-8)18-12(13-7)9-4-3-5-17-9/h3-6H,1-2H3,(H,14,15). The van der Waals surface area contributed by atoms with Crippen molar-refractivity contribution >= 4 is 34.4 Å². The molecule has 0 saturated heterocycles. The fourth-order valence-electron chi connectivity index (χ4n) is 1.68. The Hall–Kier alpha value is -1.11. The summed E-state index contributed by atoms with van der Waals surface area (Å²) < 4.78 is 0. The Bertz CT molecular complexity index is 652. The topological polar surface area (TPSA) is 41.6 Å². The maximum absolute atomic E-state index is 4.64. The van der Waals surface area contributed by atoms with Gasteiger partial charge in [-0.05, 0) is 30.7 Å². The molecule has 3 aromatic heterocycles. The van der Waals surface area contributed by atoms with Crippen molar-refractivity contribution in [2.75, 3.05) is 6.26 Å². The fraction of sp³-hybridized carbons (Fsp3) is 0.167. The maximum atomic E-state index is 4.64. The molecule has 0 spiro atoms. The van der Waals surface area contributed by atoms with Crippen LogP contribution in [0.15, 0.2) is 28.6 Å². The van der Waals surface area contributed by atoms with E-state index in [0.717, 1.165) is 21.4 Å². The summed E-state index contributed by atoms with van der Waals surface area (Å²) in [6, 6.07) is 6.23. The largest absolute Gasteiger partial charge is 0.276 e. The molecule has 0 atom stereocenters. The summed E-state index contributed by atoms with van der Waals surface area (Å²) in [7, 11) is 0. The van der Waals surface area contributed by atoms with Crippen LogP contribution in [0.4, 0.5) is 0 Å². The summed E-state index contributed by atoms with van der Waals surface area (Å²) in [5.74, 6) is 0. The Kier molecular flexibility index (Phi) is 3.23. The minimum atomic E-state index is 1.01. The highest BCUT2D eigenvalue weighted by Gasteiger charge is 2.13. The van der Waals surface area contributed by atoms with Gasteiger partial charge in [0.15, 0.2) is 0 Å². The highest BCUT2D eigenvalue weighted by Crippen LogP contribution is 2.36. The van der Waals surface area contributed by atoms with E-state index >= 15 is 0 Å². The lowest BCUT2D eigenvalue weighted by Crippen LogP contribution is -1.77. The van der Waals surface area contributed by atoms with Gasteiger partial charge in [0.25, 0.3) is 0 Å². The highest BCUT2D eigenvalue weighted by atomic mass is 32.2. The van der Waals surface area contributed by atoms with E-state index in [1.54, 1.807) is 34.4 Å². The van der Waals surface area contributed by atoms with Gasteiger partial charge in [-0.1, -0.05) is 6.07 Å². The third-order valence-electron chi connectivity index (χ3n) is 2.54. The van der Waals surface area contributed by atoms with Gasteiger partial charge in [0.1, 0.15) is 10.0 Å². The molecule has 0 aromatic carbocycles. The van der Waals surface area contributed by atoms with Crippen molar-refractivity contribution in [1.29, 1.82) is 0 Å². The number of rotatable bonds is 3. The van der Waals surface area contributed by atoms with Gasteiger partial charge < -0.3 is 0 Å². The number of hydrogen-bond acceptors (Lipinski definition) is 5. The average Bonchev–Trinajstić information content (AvgIpc) is 3.08. The quantitative estimate of drug-likeness (QED) is 0.732. The van der Waals surface area contributed by atoms with Crippen molar-refractivity contribution in [3.05, 3.63) is 29.3 Å². The first-order valence-corrected chi connectivity index (χ1v) is 8.31. The molecular formula is C12H11N3S3. The van der Waals surface area contributed by atoms with E-state index in [0.29, 0.717) is 0 Å². The number of thiazole rings is 1. The Morgan fingerprint density at radius 1 is 1.39 bits per heavy atom. The summed E-state index contributed by atoms with van der Waals surface area (Å²) >= 11 is 5.07. The van der Waals surface area contributed by atoms with E-state index in [1.165, 1.54) is 9.75 Å². The monoisotopic (exact) mass is 293 g/mol. The third-order valence-corrected chi connectivity index (χ3v) is 5.39. The minimum Gasteiger partial charge on any atom is -0.276 e. The number of aryl methyl sites for hydroxylation is 1. The summed E-state index contributed by atoms with van der Waals surface area (Å²) in [6.45, 7) is 2.04. The van der Waals surface area contributed by atoms with Crippen molar-refractivity contribution in [3.8, 4) is 20.5 Å². The second kappa shape index (κ2) is 4.87. The molecule has 3 rings (SSSR count). The highest BCUT2D eigenvalue weighted by molar-refractivity contribution is 7.98. The van der Waals surface area contributed by atoms with Crippen LogP contribution < -0.4 is 0 Å². The number of hydrogen-bond donors (Lipinski definition) is 1. The van der Waals surface area contributed by atoms with Crippen molar-refractivity contribution in [2.24, 2.45) is 0 Å². The number of thioether (sulfide) groups is 1. The van der Waals surface area contributed by atoms with Gasteiger partial charge in [-0.3, -0.25) is 5.10 Å². The number of aromatic amines is 1. The van der Waals surface area contributed by atoms with Gasteiger partial charge in [-0.15, -0.1) is 34.4 Å². The minimum absolute atomic E-state index is 1.01. The predicted octanol–water partition coefficient (Wildman–Crippen LogP) is 4.29. The lowest BCUT2D eigenvalue weighted by Gasteiger charge is -1.90. The number of thiophene rings is 1. The summed E-state index contributed by atoms with van der Waals surface area (Å²) in [5.41, 5.74) is 2.11. The lowest BCUT2D eigenvalue weighted by molar-refractivity contribution is 1.01. The lowest BCUT2D eigenvalue weighted by atomic mass is 10.3. The van der Waals surface area contributed by atoms with Crippen molar-refractivity contribution in [3.63, 3.8) is 0 Å². The molecular weight excluding hydrogens is 282 g/mol. The molecule has 3 aromatic rings. The first-order valence-electron chi connectivity index (χ1n) is 5.39. The molecule has 0 bridgehead atoms. The van der Waals surface area contributed by atoms with Crippen LogP contribution in [0.3, 0.4) is 0 Å². The number of nitrogens with one attached hydrogen (secondary N) is 1. The van der Waals surface area contributed by atoms with E-state index < -0.39 is 0 Å². The summed E-state index contributed by atoms with van der Waals surface area (Å²) in [6.07, 6.45) is 2.02. The zero-order valence-electron chi connectivity index (χ0n) is 9.93. The van der Waals surface area contributed by atoms with Crippen LogP contribution in [0.1, 0.15) is 5.69 Å². The first kappa shape index (κ1) is 12.0. The van der Waals surface area contributed by atoms with E-state index in [1.807, 2.05) is 13.2 Å². The summed E-state index contributed by atoms with van der Waals surface area (Å²) in [5, 5.41) is 11.5. The molecule has 6 heteroatoms. The van der Waals surface area contributed by atoms with E-state index in [2.05, 4.69) is 38.8 Å². The second-order valence-electron chi connectivity index (χ2n) is 3.73. The van der Waals surface area contributed by atoms with E-state index in [9.17, 15) is 0 Å². The zero-order valence-corrected chi connectivity index (χ0v) is 12.4. The van der Waals surface area contributed by atoms with Crippen LogP contribution in [0, 0.1) is 6.92 Å². The molecule has 92 valence electrons. The van der Waals surface area contributed by atoms with Crippen LogP contribution in [0.25, 0.3) is 20.5 Å². The third kappa shape index (κ3) is 2.11. The van der Waals surface area contributed by atoms with Crippen LogP contribution in [-0.4, -0.2) is 21.4 Å². The molecule has 1 N–H and O–H groups in total. The molecule has 0 aliphatic carbocycles. The molecule has 3 heterocycles. The van der Waals surface area contributed by atoms with Crippen molar-refractivity contribution < 1.29 is 0 Å². The average molecular weight is 293 g/mol. The SMILES string of the molecule is CSc1cc(-c2sc(-c3cccs3)nc2C)[nH]n1. The molecule has 0 aliphatic rings. The smallest absolute Gasteiger partial charge is 0.134 e. The predicted molar refractivity (Wildman–Crippen MR) is 79.5 cm³/mol. The molecule has 3 nitrogen and oxygen atoms in total. The Morgan fingerprint density at radius 2 is 2.28 bits per heavy atom. The summed E-state index contributed by atoms with van der Waals surface area (Å²) in [4.78, 5) is 7.03. The molecule has 0 saturated carbocycles. The number of aromatic nitrogens is 3.